The number of nitrogens with zero attached hydrogens (tertiary/aromatic N) is 2. The first-order valence-corrected chi connectivity index (χ1v) is 8.38. The van der Waals surface area contributed by atoms with E-state index in [0.29, 0.717) is 16.1 Å². The van der Waals surface area contributed by atoms with Gasteiger partial charge in [-0.2, -0.15) is 17.0 Å². The molecule has 0 atom stereocenters. The lowest BCUT2D eigenvalue weighted by molar-refractivity contribution is 0.102. The van der Waals surface area contributed by atoms with E-state index in [-0.39, 0.29) is 10.5 Å². The Kier molecular flexibility index (Phi) is 4.31. The minimum Gasteiger partial charge on any atom is -0.396 e. The van der Waals surface area contributed by atoms with Crippen LogP contribution in [-0.4, -0.2) is 29.4 Å². The van der Waals surface area contributed by atoms with E-state index in [4.69, 9.17) is 5.73 Å². The van der Waals surface area contributed by atoms with E-state index < -0.39 is 0 Å². The van der Waals surface area contributed by atoms with Gasteiger partial charge in [0.15, 0.2) is 5.78 Å². The number of carbonyl (C=O) groups excluding carboxylic acids is 1. The summed E-state index contributed by atoms with van der Waals surface area (Å²) in [6.45, 7) is 7.77. The SMILES string of the molecule is CC(=O)c1sc(N2CCSC(C)(C)CC2)c(C#N)c1N. The zero-order chi connectivity index (χ0) is 14.9. The fourth-order valence-electron chi connectivity index (χ4n) is 2.25. The molecule has 0 bridgehead atoms. The van der Waals surface area contributed by atoms with Gasteiger partial charge in [-0.1, -0.05) is 13.8 Å². The van der Waals surface area contributed by atoms with Gasteiger partial charge in [0.25, 0.3) is 0 Å². The standard InChI is InChI=1S/C14H19N3OS2/c1-9(18)12-11(16)10(8-15)13(20-12)17-5-4-14(2,3)19-7-6-17/h4-7,16H2,1-3H3. The summed E-state index contributed by atoms with van der Waals surface area (Å²) in [4.78, 5) is 14.3. The number of nitrogen functional groups attached to an aromatic ring is 1. The van der Waals surface area contributed by atoms with Crippen molar-refractivity contribution in [3.8, 4) is 6.07 Å². The van der Waals surface area contributed by atoms with Crippen LogP contribution in [0.1, 0.15) is 42.4 Å². The summed E-state index contributed by atoms with van der Waals surface area (Å²) in [5.41, 5.74) is 6.76. The molecule has 4 nitrogen and oxygen atoms in total. The van der Waals surface area contributed by atoms with E-state index in [9.17, 15) is 10.1 Å². The molecule has 2 rings (SSSR count). The summed E-state index contributed by atoms with van der Waals surface area (Å²) < 4.78 is 0.258. The summed E-state index contributed by atoms with van der Waals surface area (Å²) in [7, 11) is 0. The van der Waals surface area contributed by atoms with E-state index in [1.54, 1.807) is 0 Å². The van der Waals surface area contributed by atoms with Crippen LogP contribution in [0.25, 0.3) is 0 Å². The molecule has 0 amide bonds. The molecule has 1 aromatic heterocycles. The predicted molar refractivity (Wildman–Crippen MR) is 86.8 cm³/mol. The van der Waals surface area contributed by atoms with Crippen molar-refractivity contribution >= 4 is 39.6 Å². The molecule has 1 aromatic rings. The van der Waals surface area contributed by atoms with Crippen molar-refractivity contribution in [2.45, 2.75) is 31.9 Å². The second kappa shape index (κ2) is 5.66. The van der Waals surface area contributed by atoms with Crippen LogP contribution >= 0.6 is 23.1 Å². The molecule has 1 aliphatic rings. The molecule has 0 unspecified atom stereocenters. The highest BCUT2D eigenvalue weighted by Crippen LogP contribution is 2.40. The maximum Gasteiger partial charge on any atom is 0.171 e. The fraction of sp³-hybridized carbons (Fsp3) is 0.571. The normalized spacial score (nSPS) is 18.4. The smallest absolute Gasteiger partial charge is 0.171 e. The zero-order valence-electron chi connectivity index (χ0n) is 12.0. The van der Waals surface area contributed by atoms with Gasteiger partial charge < -0.3 is 10.6 Å². The lowest BCUT2D eigenvalue weighted by Gasteiger charge is -2.23. The van der Waals surface area contributed by atoms with Gasteiger partial charge in [0.1, 0.15) is 16.6 Å². The minimum atomic E-state index is -0.0697. The van der Waals surface area contributed by atoms with Crippen molar-refractivity contribution in [2.75, 3.05) is 29.5 Å². The summed E-state index contributed by atoms with van der Waals surface area (Å²) >= 11 is 3.31. The van der Waals surface area contributed by atoms with E-state index in [1.165, 1.54) is 18.3 Å². The third kappa shape index (κ3) is 2.94. The molecule has 0 radical (unpaired) electrons. The number of Topliss-reactive ketones (excluding diaryl/α,β-unsaturated/α-hetero) is 1. The monoisotopic (exact) mass is 309 g/mol. The molecular weight excluding hydrogens is 290 g/mol. The average Bonchev–Trinajstić information content (AvgIpc) is 2.59. The Bertz CT molecular complexity index is 572. The molecule has 1 saturated heterocycles. The Labute approximate surface area is 127 Å². The van der Waals surface area contributed by atoms with Crippen molar-refractivity contribution in [2.24, 2.45) is 0 Å². The van der Waals surface area contributed by atoms with Crippen LogP contribution in [0.3, 0.4) is 0 Å². The number of hydrogen-bond donors (Lipinski definition) is 1. The van der Waals surface area contributed by atoms with Crippen LogP contribution in [-0.2, 0) is 0 Å². The highest BCUT2D eigenvalue weighted by atomic mass is 32.2. The number of anilines is 2. The Morgan fingerprint density at radius 1 is 1.45 bits per heavy atom. The summed E-state index contributed by atoms with van der Waals surface area (Å²) in [6, 6.07) is 2.16. The average molecular weight is 309 g/mol. The Morgan fingerprint density at radius 2 is 2.15 bits per heavy atom. The van der Waals surface area contributed by atoms with E-state index >= 15 is 0 Å². The maximum absolute atomic E-state index is 11.6. The number of carbonyl (C=O) groups is 1. The number of thiophene rings is 1. The zero-order valence-corrected chi connectivity index (χ0v) is 13.7. The van der Waals surface area contributed by atoms with Gasteiger partial charge in [-0.3, -0.25) is 4.79 Å². The number of nitrogens with two attached hydrogens (primary N) is 1. The highest BCUT2D eigenvalue weighted by molar-refractivity contribution is 8.00. The number of ketones is 1. The Morgan fingerprint density at radius 3 is 2.75 bits per heavy atom. The van der Waals surface area contributed by atoms with Gasteiger partial charge >= 0.3 is 0 Å². The second-order valence-electron chi connectivity index (χ2n) is 5.54. The van der Waals surface area contributed by atoms with Crippen LogP contribution < -0.4 is 10.6 Å². The molecule has 0 spiro atoms. The van der Waals surface area contributed by atoms with Gasteiger partial charge in [-0.15, -0.1) is 11.3 Å². The first kappa shape index (κ1) is 15.2. The molecule has 108 valence electrons. The van der Waals surface area contributed by atoms with Crippen molar-refractivity contribution in [1.29, 1.82) is 5.26 Å². The molecule has 2 heterocycles. The maximum atomic E-state index is 11.6. The molecule has 0 saturated carbocycles. The van der Waals surface area contributed by atoms with Gasteiger partial charge in [-0.05, 0) is 6.42 Å². The second-order valence-corrected chi connectivity index (χ2v) is 8.34. The topological polar surface area (TPSA) is 70.1 Å². The van der Waals surface area contributed by atoms with E-state index in [0.717, 1.165) is 30.3 Å². The van der Waals surface area contributed by atoms with Gasteiger partial charge in [0.05, 0.1) is 10.6 Å². The molecule has 6 heteroatoms. The molecule has 20 heavy (non-hydrogen) atoms. The van der Waals surface area contributed by atoms with Crippen LogP contribution in [0, 0.1) is 11.3 Å². The Hall–Kier alpha value is -1.19. The van der Waals surface area contributed by atoms with Gasteiger partial charge in [-0.25, -0.2) is 0 Å². The summed E-state index contributed by atoms with van der Waals surface area (Å²) in [6.07, 6.45) is 1.05. The molecule has 0 aromatic carbocycles. The van der Waals surface area contributed by atoms with Gasteiger partial charge in [0.2, 0.25) is 0 Å². The number of rotatable bonds is 2. The number of thioether (sulfide) groups is 1. The van der Waals surface area contributed by atoms with Crippen LogP contribution in [0.2, 0.25) is 0 Å². The molecule has 0 aliphatic carbocycles. The summed E-state index contributed by atoms with van der Waals surface area (Å²) in [5, 5.41) is 10.2. The van der Waals surface area contributed by atoms with Crippen LogP contribution in [0.4, 0.5) is 10.7 Å². The lowest BCUT2D eigenvalue weighted by Crippen LogP contribution is -2.26. The molecule has 1 aliphatic heterocycles. The fourth-order valence-corrected chi connectivity index (χ4v) is 4.47. The first-order valence-electron chi connectivity index (χ1n) is 6.58. The Balaban J connectivity index is 2.35. The highest BCUT2D eigenvalue weighted by Gasteiger charge is 2.28. The first-order chi connectivity index (χ1) is 9.35. The predicted octanol–water partition coefficient (Wildman–Crippen LogP) is 3.13. The molecule has 2 N–H and O–H groups in total. The van der Waals surface area contributed by atoms with Gasteiger partial charge in [0, 0.05) is 30.5 Å². The largest absolute Gasteiger partial charge is 0.396 e. The van der Waals surface area contributed by atoms with E-state index in [1.807, 2.05) is 11.8 Å². The summed E-state index contributed by atoms with van der Waals surface area (Å²) in [5.74, 6) is 0.949. The quantitative estimate of drug-likeness (QED) is 0.850. The molecule has 1 fully saturated rings. The van der Waals surface area contributed by atoms with E-state index in [2.05, 4.69) is 24.8 Å². The van der Waals surface area contributed by atoms with Crippen molar-refractivity contribution in [3.63, 3.8) is 0 Å². The van der Waals surface area contributed by atoms with Crippen molar-refractivity contribution in [1.82, 2.24) is 0 Å². The third-order valence-electron chi connectivity index (χ3n) is 3.48. The van der Waals surface area contributed by atoms with Crippen LogP contribution in [0.15, 0.2) is 0 Å². The van der Waals surface area contributed by atoms with Crippen LogP contribution in [0.5, 0.6) is 0 Å². The number of hydrogen-bond acceptors (Lipinski definition) is 6. The number of nitriles is 1. The minimum absolute atomic E-state index is 0.0697. The lowest BCUT2D eigenvalue weighted by atomic mass is 10.1. The van der Waals surface area contributed by atoms with Crippen molar-refractivity contribution < 1.29 is 4.79 Å². The third-order valence-corrected chi connectivity index (χ3v) is 6.22. The molecular formula is C14H19N3OS2. The van der Waals surface area contributed by atoms with Crippen molar-refractivity contribution in [3.05, 3.63) is 10.4 Å².